The summed E-state index contributed by atoms with van der Waals surface area (Å²) in [4.78, 5) is 72.6. The molecule has 0 amide bonds. The van der Waals surface area contributed by atoms with E-state index in [1.165, 1.54) is 141 Å². The summed E-state index contributed by atoms with van der Waals surface area (Å²) < 4.78 is 68.3. The van der Waals surface area contributed by atoms with Crippen molar-refractivity contribution in [3.63, 3.8) is 0 Å². The molecule has 19 heteroatoms. The molecule has 92 heavy (non-hydrogen) atoms. The number of carbonyl (C=O) groups excluding carboxylic acids is 4. The Morgan fingerprint density at radius 2 is 0.543 bits per heavy atom. The van der Waals surface area contributed by atoms with Gasteiger partial charge in [0.15, 0.2) is 12.2 Å². The number of hydrogen-bond acceptors (Lipinski definition) is 15. The van der Waals surface area contributed by atoms with Crippen LogP contribution >= 0.6 is 15.6 Å². The zero-order valence-electron chi connectivity index (χ0n) is 58.7. The molecule has 0 heterocycles. The monoisotopic (exact) mass is 1350 g/mol. The van der Waals surface area contributed by atoms with Crippen LogP contribution in [0.4, 0.5) is 0 Å². The molecule has 0 radical (unpaired) electrons. The van der Waals surface area contributed by atoms with Gasteiger partial charge in [-0.1, -0.05) is 282 Å². The number of carbonyl (C=O) groups is 4. The fourth-order valence-corrected chi connectivity index (χ4v) is 11.9. The van der Waals surface area contributed by atoms with Gasteiger partial charge in [0.2, 0.25) is 0 Å². The van der Waals surface area contributed by atoms with Gasteiger partial charge >= 0.3 is 39.5 Å². The van der Waals surface area contributed by atoms with Gasteiger partial charge in [-0.3, -0.25) is 37.3 Å². The standard InChI is InChI=1S/C73H136O17P2/c1-5-9-13-17-21-25-29-32-33-36-39-42-46-50-54-58-71(76)84-63-68(89-72(77)59-55-51-47-43-37-28-24-20-16-12-8-4)65-87-91(79,80)85-61-67(74)62-86-92(81,82)88-66-69(90-73(78)60-56-52-48-44-40-35-31-27-23-19-15-11-7-3)64-83-70(75)57-53-49-45-41-38-34-30-26-22-18-14-10-6-2/h20-21,24-25,32-33,67-69,74H,5-19,22-23,26-31,34-66H2,1-4H3,(H,79,80)(H,81,82)/b24-20-,25-21-,33-32-. The molecule has 0 aliphatic carbocycles. The first-order valence-corrected chi connectivity index (χ1v) is 40.2. The van der Waals surface area contributed by atoms with Gasteiger partial charge in [0, 0.05) is 25.7 Å². The Balaban J connectivity index is 5.28. The first-order chi connectivity index (χ1) is 44.7. The Bertz CT molecular complexity index is 1900. The van der Waals surface area contributed by atoms with Crippen LogP contribution in [0.2, 0.25) is 0 Å². The van der Waals surface area contributed by atoms with Crippen molar-refractivity contribution < 1.29 is 80.2 Å². The van der Waals surface area contributed by atoms with Crippen molar-refractivity contribution in [3.8, 4) is 0 Å². The number of hydrogen-bond donors (Lipinski definition) is 3. The summed E-state index contributed by atoms with van der Waals surface area (Å²) in [6.45, 7) is 4.84. The number of allylic oxidation sites excluding steroid dienone is 6. The van der Waals surface area contributed by atoms with E-state index >= 15 is 0 Å². The van der Waals surface area contributed by atoms with E-state index in [4.69, 9.17) is 37.0 Å². The lowest BCUT2D eigenvalue weighted by atomic mass is 10.0. The molecule has 0 aromatic heterocycles. The topological polar surface area (TPSA) is 237 Å². The first kappa shape index (κ1) is 89.3. The Morgan fingerprint density at radius 3 is 0.870 bits per heavy atom. The minimum atomic E-state index is -4.96. The van der Waals surface area contributed by atoms with Crippen molar-refractivity contribution in [3.05, 3.63) is 36.5 Å². The van der Waals surface area contributed by atoms with Crippen LogP contribution in [0.25, 0.3) is 0 Å². The molecule has 0 aromatic rings. The maximum Gasteiger partial charge on any atom is 0.472 e. The molecule has 540 valence electrons. The van der Waals surface area contributed by atoms with Crippen molar-refractivity contribution in [2.45, 2.75) is 367 Å². The molecular formula is C73H136O17P2. The molecule has 0 saturated heterocycles. The lowest BCUT2D eigenvalue weighted by molar-refractivity contribution is -0.161. The number of aliphatic hydroxyl groups is 1. The first-order valence-electron chi connectivity index (χ1n) is 37.2. The van der Waals surface area contributed by atoms with E-state index in [1.807, 2.05) is 0 Å². The van der Waals surface area contributed by atoms with Crippen LogP contribution in [-0.2, 0) is 65.4 Å². The highest BCUT2D eigenvalue weighted by atomic mass is 31.2. The van der Waals surface area contributed by atoms with E-state index < -0.39 is 97.5 Å². The highest BCUT2D eigenvalue weighted by Crippen LogP contribution is 2.45. The van der Waals surface area contributed by atoms with Gasteiger partial charge in [0.25, 0.3) is 0 Å². The van der Waals surface area contributed by atoms with Crippen molar-refractivity contribution in [2.24, 2.45) is 0 Å². The molecule has 0 bridgehead atoms. The predicted molar refractivity (Wildman–Crippen MR) is 372 cm³/mol. The second-order valence-corrected chi connectivity index (χ2v) is 28.2. The smallest absolute Gasteiger partial charge is 0.462 e. The number of esters is 4. The zero-order valence-corrected chi connectivity index (χ0v) is 60.5. The summed E-state index contributed by atoms with van der Waals surface area (Å²) >= 11 is 0. The van der Waals surface area contributed by atoms with Gasteiger partial charge in [-0.25, -0.2) is 9.13 Å². The lowest BCUT2D eigenvalue weighted by Crippen LogP contribution is -2.30. The Morgan fingerprint density at radius 1 is 0.304 bits per heavy atom. The number of unbranched alkanes of at least 4 members (excludes halogenated alkanes) is 39. The normalized spacial score (nSPS) is 14.2. The molecule has 5 unspecified atom stereocenters. The minimum Gasteiger partial charge on any atom is -0.462 e. The molecule has 0 fully saturated rings. The summed E-state index contributed by atoms with van der Waals surface area (Å²) in [5.41, 5.74) is 0. The van der Waals surface area contributed by atoms with Crippen LogP contribution in [0.15, 0.2) is 36.5 Å². The quantitative estimate of drug-likeness (QED) is 0.0169. The third-order valence-electron chi connectivity index (χ3n) is 16.1. The van der Waals surface area contributed by atoms with E-state index in [2.05, 4.69) is 64.2 Å². The average molecular weight is 1350 g/mol. The van der Waals surface area contributed by atoms with E-state index in [1.54, 1.807) is 0 Å². The summed E-state index contributed by atoms with van der Waals surface area (Å²) in [7, 11) is -9.92. The van der Waals surface area contributed by atoms with Crippen molar-refractivity contribution in [1.82, 2.24) is 0 Å². The number of ether oxygens (including phenoxy) is 4. The van der Waals surface area contributed by atoms with Crippen LogP contribution in [0, 0.1) is 0 Å². The van der Waals surface area contributed by atoms with Crippen molar-refractivity contribution in [1.29, 1.82) is 0 Å². The third kappa shape index (κ3) is 65.9. The number of aliphatic hydroxyl groups excluding tert-OH is 1. The summed E-state index contributed by atoms with van der Waals surface area (Å²) in [5, 5.41) is 10.6. The third-order valence-corrected chi connectivity index (χ3v) is 18.0. The van der Waals surface area contributed by atoms with Gasteiger partial charge in [-0.2, -0.15) is 0 Å². The highest BCUT2D eigenvalue weighted by Gasteiger charge is 2.30. The molecule has 0 aliphatic heterocycles. The molecule has 5 atom stereocenters. The molecule has 0 aromatic carbocycles. The second-order valence-electron chi connectivity index (χ2n) is 25.2. The number of rotatable bonds is 71. The highest BCUT2D eigenvalue weighted by molar-refractivity contribution is 7.47. The maximum atomic E-state index is 13.0. The van der Waals surface area contributed by atoms with E-state index in [9.17, 15) is 43.2 Å². The average Bonchev–Trinajstić information content (AvgIpc) is 3.74. The Hall–Kier alpha value is -2.72. The second kappa shape index (κ2) is 66.9. The number of phosphoric ester groups is 2. The van der Waals surface area contributed by atoms with Gasteiger partial charge in [0.1, 0.15) is 19.3 Å². The molecule has 0 rings (SSSR count). The minimum absolute atomic E-state index is 0.0869. The molecule has 0 saturated carbocycles. The SMILES string of the molecule is CCCC/C=C\CCCCCCCC(=O)OC(COC(=O)CCCCCCC/C=C\C/C=C\CCCCC)COP(=O)(O)OCC(O)COP(=O)(O)OCC(COC(=O)CCCCCCCCCCCCCCC)OC(=O)CCCCCCCCCCCCCCC. The van der Waals surface area contributed by atoms with Crippen LogP contribution in [0.3, 0.4) is 0 Å². The molecule has 0 spiro atoms. The largest absolute Gasteiger partial charge is 0.472 e. The van der Waals surface area contributed by atoms with Gasteiger partial charge < -0.3 is 33.8 Å². The van der Waals surface area contributed by atoms with E-state index in [0.717, 1.165) is 128 Å². The Labute approximate surface area is 560 Å². The van der Waals surface area contributed by atoms with Crippen molar-refractivity contribution in [2.75, 3.05) is 39.6 Å². The fraction of sp³-hybridized carbons (Fsp3) is 0.863. The lowest BCUT2D eigenvalue weighted by Gasteiger charge is -2.21. The summed E-state index contributed by atoms with van der Waals surface area (Å²) in [6.07, 6.45) is 60.0. The van der Waals surface area contributed by atoms with E-state index in [0.29, 0.717) is 25.7 Å². The number of phosphoric acid groups is 2. The van der Waals surface area contributed by atoms with Gasteiger partial charge in [-0.05, 0) is 77.0 Å². The van der Waals surface area contributed by atoms with Crippen LogP contribution < -0.4 is 0 Å². The van der Waals surface area contributed by atoms with Crippen LogP contribution in [0.5, 0.6) is 0 Å². The maximum absolute atomic E-state index is 13.0. The molecule has 17 nitrogen and oxygen atoms in total. The molecule has 0 aliphatic rings. The fourth-order valence-electron chi connectivity index (χ4n) is 10.4. The predicted octanol–water partition coefficient (Wildman–Crippen LogP) is 20.8. The van der Waals surface area contributed by atoms with E-state index in [-0.39, 0.29) is 25.7 Å². The van der Waals surface area contributed by atoms with Gasteiger partial charge in [0.05, 0.1) is 26.4 Å². The van der Waals surface area contributed by atoms with Crippen LogP contribution in [0.1, 0.15) is 349 Å². The zero-order chi connectivity index (χ0) is 67.5. The summed E-state index contributed by atoms with van der Waals surface area (Å²) in [6, 6.07) is 0. The molecule has 3 N–H and O–H groups in total. The van der Waals surface area contributed by atoms with Gasteiger partial charge in [-0.15, -0.1) is 0 Å². The van der Waals surface area contributed by atoms with Crippen molar-refractivity contribution >= 4 is 39.5 Å². The summed E-state index contributed by atoms with van der Waals surface area (Å²) in [5.74, 6) is -2.16. The Kier molecular flexibility index (Phi) is 64.9. The molecular weight excluding hydrogens is 1210 g/mol. The van der Waals surface area contributed by atoms with Crippen LogP contribution in [-0.4, -0.2) is 96.7 Å².